The maximum Gasteiger partial charge on any atom is 0.167 e. The Morgan fingerprint density at radius 2 is 2.10 bits per heavy atom. The highest BCUT2D eigenvalue weighted by Crippen LogP contribution is 2.35. The van der Waals surface area contributed by atoms with Gasteiger partial charge in [-0.15, -0.1) is 0 Å². The highest BCUT2D eigenvalue weighted by molar-refractivity contribution is 5.90. The number of rotatable bonds is 4. The fourth-order valence-corrected chi connectivity index (χ4v) is 2.94. The molecule has 6 heteroatoms. The number of anilines is 1. The number of methoxy groups -OCH3 is 1. The van der Waals surface area contributed by atoms with Gasteiger partial charge in [0.25, 0.3) is 0 Å². The zero-order valence-electron chi connectivity index (χ0n) is 11.9. The number of ether oxygens (including phenoxy) is 1. The lowest BCUT2D eigenvalue weighted by atomic mass is 9.98. The summed E-state index contributed by atoms with van der Waals surface area (Å²) >= 11 is 0. The van der Waals surface area contributed by atoms with Crippen molar-refractivity contribution in [1.82, 2.24) is 9.97 Å². The topological polar surface area (TPSA) is 67.3 Å². The molecule has 0 aliphatic heterocycles. The fraction of sp³-hybridized carbons (Fsp3) is 0.467. The highest BCUT2D eigenvalue weighted by Gasteiger charge is 2.33. The molecule has 2 N–H and O–H groups in total. The van der Waals surface area contributed by atoms with Crippen LogP contribution in [0.15, 0.2) is 18.5 Å². The van der Waals surface area contributed by atoms with Gasteiger partial charge in [-0.3, -0.25) is 0 Å². The molecule has 1 aliphatic rings. The summed E-state index contributed by atoms with van der Waals surface area (Å²) < 4.78 is 18.8. The molecule has 0 radical (unpaired) electrons. The Balaban J connectivity index is 2.05. The summed E-state index contributed by atoms with van der Waals surface area (Å²) in [6.07, 6.45) is 5.35. The van der Waals surface area contributed by atoms with Crippen LogP contribution >= 0.6 is 0 Å². The van der Waals surface area contributed by atoms with E-state index < -0.39 is 5.82 Å². The van der Waals surface area contributed by atoms with Gasteiger partial charge in [-0.05, 0) is 18.9 Å². The average Bonchev–Trinajstić information content (AvgIpc) is 2.96. The van der Waals surface area contributed by atoms with E-state index in [0.717, 1.165) is 25.7 Å². The molecule has 1 aliphatic carbocycles. The normalized spacial score (nSPS) is 17.1. The maximum absolute atomic E-state index is 13.8. The van der Waals surface area contributed by atoms with Gasteiger partial charge in [-0.25, -0.2) is 14.4 Å². The summed E-state index contributed by atoms with van der Waals surface area (Å²) in [6.45, 7) is 0.0524. The van der Waals surface area contributed by atoms with E-state index in [9.17, 15) is 9.50 Å². The molecule has 0 saturated heterocycles. The molecular formula is C15H18FN3O2. The van der Waals surface area contributed by atoms with Crippen molar-refractivity contribution in [2.75, 3.05) is 19.0 Å². The molecule has 0 bridgehead atoms. The van der Waals surface area contributed by atoms with E-state index in [1.807, 2.05) is 0 Å². The third kappa shape index (κ3) is 2.51. The van der Waals surface area contributed by atoms with Crippen LogP contribution < -0.4 is 10.1 Å². The molecule has 1 heterocycles. The predicted octanol–water partition coefficient (Wildman–Crippen LogP) is 2.49. The SMILES string of the molecule is COc1cc2c(NC3(CO)CCCC3)ncnc2cc1F. The van der Waals surface area contributed by atoms with Gasteiger partial charge in [0.05, 0.1) is 24.8 Å². The number of halogens is 1. The Morgan fingerprint density at radius 3 is 2.76 bits per heavy atom. The Bertz CT molecular complexity index is 657. The third-order valence-electron chi connectivity index (χ3n) is 4.16. The molecule has 0 unspecified atom stereocenters. The second-order valence-electron chi connectivity index (χ2n) is 5.50. The minimum atomic E-state index is -0.451. The zero-order valence-corrected chi connectivity index (χ0v) is 11.9. The number of aliphatic hydroxyl groups excluding tert-OH is 1. The first-order valence-electron chi connectivity index (χ1n) is 7.05. The van der Waals surface area contributed by atoms with Crippen LogP contribution in [0.1, 0.15) is 25.7 Å². The standard InChI is InChI=1S/C15H18FN3O2/c1-21-13-6-10-12(7-11(13)16)17-9-18-14(10)19-15(8-20)4-2-3-5-15/h6-7,9,20H,2-5,8H2,1H3,(H,17,18,19). The molecule has 3 rings (SSSR count). The first-order chi connectivity index (χ1) is 10.2. The molecule has 0 spiro atoms. The quantitative estimate of drug-likeness (QED) is 0.906. The molecule has 5 nitrogen and oxygen atoms in total. The number of nitrogens with zero attached hydrogens (tertiary/aromatic N) is 2. The lowest BCUT2D eigenvalue weighted by molar-refractivity contribution is 0.214. The van der Waals surface area contributed by atoms with Gasteiger partial charge in [0, 0.05) is 11.5 Å². The van der Waals surface area contributed by atoms with Crippen molar-refractivity contribution in [1.29, 1.82) is 0 Å². The van der Waals surface area contributed by atoms with Gasteiger partial charge in [0.2, 0.25) is 0 Å². The van der Waals surface area contributed by atoms with Gasteiger partial charge >= 0.3 is 0 Å². The van der Waals surface area contributed by atoms with Gasteiger partial charge in [-0.1, -0.05) is 12.8 Å². The van der Waals surface area contributed by atoms with Gasteiger partial charge in [0.1, 0.15) is 12.1 Å². The number of hydrogen-bond donors (Lipinski definition) is 2. The van der Waals surface area contributed by atoms with Crippen molar-refractivity contribution < 1.29 is 14.2 Å². The minimum absolute atomic E-state index is 0.0524. The second-order valence-corrected chi connectivity index (χ2v) is 5.50. The van der Waals surface area contributed by atoms with Crippen LogP contribution in [0.25, 0.3) is 10.9 Å². The maximum atomic E-state index is 13.8. The Morgan fingerprint density at radius 1 is 1.33 bits per heavy atom. The van der Waals surface area contributed by atoms with Crippen molar-refractivity contribution in [2.24, 2.45) is 0 Å². The smallest absolute Gasteiger partial charge is 0.167 e. The van der Waals surface area contributed by atoms with Crippen LogP contribution in [0.2, 0.25) is 0 Å². The van der Waals surface area contributed by atoms with Crippen molar-refractivity contribution in [3.63, 3.8) is 0 Å². The van der Waals surface area contributed by atoms with Crippen molar-refractivity contribution >= 4 is 16.7 Å². The van der Waals surface area contributed by atoms with Crippen LogP contribution in [-0.2, 0) is 0 Å². The van der Waals surface area contributed by atoms with E-state index in [1.165, 1.54) is 19.5 Å². The van der Waals surface area contributed by atoms with E-state index >= 15 is 0 Å². The average molecular weight is 291 g/mol. The molecule has 1 aromatic carbocycles. The summed E-state index contributed by atoms with van der Waals surface area (Å²) in [7, 11) is 1.42. The van der Waals surface area contributed by atoms with Crippen LogP contribution in [0.5, 0.6) is 5.75 Å². The molecule has 1 aromatic heterocycles. The Kier molecular flexibility index (Phi) is 3.63. The molecule has 0 atom stereocenters. The van der Waals surface area contributed by atoms with Crippen molar-refractivity contribution in [3.8, 4) is 5.75 Å². The van der Waals surface area contributed by atoms with E-state index in [4.69, 9.17) is 4.74 Å². The Hall–Kier alpha value is -1.95. The van der Waals surface area contributed by atoms with Crippen LogP contribution in [-0.4, -0.2) is 34.3 Å². The molecular weight excluding hydrogens is 273 g/mol. The Labute approximate surface area is 122 Å². The van der Waals surface area contributed by atoms with E-state index in [1.54, 1.807) is 6.07 Å². The number of benzene rings is 1. The number of fused-ring (bicyclic) bond motifs is 1. The van der Waals surface area contributed by atoms with Crippen molar-refractivity contribution in [2.45, 2.75) is 31.2 Å². The van der Waals surface area contributed by atoms with Crippen molar-refractivity contribution in [3.05, 3.63) is 24.3 Å². The van der Waals surface area contributed by atoms with E-state index in [2.05, 4.69) is 15.3 Å². The molecule has 112 valence electrons. The van der Waals surface area contributed by atoms with Gasteiger partial charge in [-0.2, -0.15) is 0 Å². The lowest BCUT2D eigenvalue weighted by Crippen LogP contribution is -2.39. The monoisotopic (exact) mass is 291 g/mol. The molecule has 21 heavy (non-hydrogen) atoms. The minimum Gasteiger partial charge on any atom is -0.494 e. The van der Waals surface area contributed by atoms with Crippen LogP contribution in [0, 0.1) is 5.82 Å². The second kappa shape index (κ2) is 5.44. The zero-order chi connectivity index (χ0) is 14.9. The summed E-state index contributed by atoms with van der Waals surface area (Å²) in [4.78, 5) is 8.35. The van der Waals surface area contributed by atoms with Gasteiger partial charge in [0.15, 0.2) is 11.6 Å². The third-order valence-corrected chi connectivity index (χ3v) is 4.16. The van der Waals surface area contributed by atoms with Crippen LogP contribution in [0.3, 0.4) is 0 Å². The van der Waals surface area contributed by atoms with Crippen LogP contribution in [0.4, 0.5) is 10.2 Å². The first-order valence-corrected chi connectivity index (χ1v) is 7.05. The molecule has 1 fully saturated rings. The molecule has 1 saturated carbocycles. The number of nitrogens with one attached hydrogen (secondary N) is 1. The number of aliphatic hydroxyl groups is 1. The fourth-order valence-electron chi connectivity index (χ4n) is 2.94. The van der Waals surface area contributed by atoms with E-state index in [0.29, 0.717) is 16.7 Å². The molecule has 0 amide bonds. The highest BCUT2D eigenvalue weighted by atomic mass is 19.1. The first kappa shape index (κ1) is 14.0. The summed E-state index contributed by atoms with van der Waals surface area (Å²) in [6, 6.07) is 2.92. The predicted molar refractivity (Wildman–Crippen MR) is 78.0 cm³/mol. The van der Waals surface area contributed by atoms with Gasteiger partial charge < -0.3 is 15.2 Å². The largest absolute Gasteiger partial charge is 0.494 e. The molecule has 2 aromatic rings. The lowest BCUT2D eigenvalue weighted by Gasteiger charge is -2.29. The summed E-state index contributed by atoms with van der Waals surface area (Å²) in [5, 5.41) is 13.7. The number of aromatic nitrogens is 2. The summed E-state index contributed by atoms with van der Waals surface area (Å²) in [5.41, 5.74) is 0.167. The summed E-state index contributed by atoms with van der Waals surface area (Å²) in [5.74, 6) is 0.312. The van der Waals surface area contributed by atoms with E-state index in [-0.39, 0.29) is 17.9 Å². The number of hydrogen-bond acceptors (Lipinski definition) is 5.